The van der Waals surface area contributed by atoms with Crippen molar-refractivity contribution in [3.05, 3.63) is 70.2 Å². The molecule has 2 aromatic rings. The predicted molar refractivity (Wildman–Crippen MR) is 110 cm³/mol. The molecule has 0 aromatic heterocycles. The second kappa shape index (κ2) is 10.6. The molecule has 2 aromatic carbocycles. The van der Waals surface area contributed by atoms with Crippen molar-refractivity contribution >= 4 is 33.7 Å². The first-order chi connectivity index (χ1) is 13.4. The number of carbonyl (C=O) groups excluding carboxylic acids is 3. The molecule has 0 unspecified atom stereocenters. The van der Waals surface area contributed by atoms with E-state index in [1.807, 2.05) is 54.6 Å². The first-order valence-corrected chi connectivity index (χ1v) is 9.62. The van der Waals surface area contributed by atoms with Crippen LogP contribution < -0.4 is 10.6 Å². The number of rotatable bonds is 8. The molecular weight excluding hydrogens is 424 g/mol. The van der Waals surface area contributed by atoms with Crippen molar-refractivity contribution in [2.24, 2.45) is 0 Å². The molecule has 0 aliphatic heterocycles. The van der Waals surface area contributed by atoms with Crippen molar-refractivity contribution in [1.29, 1.82) is 0 Å². The fourth-order valence-corrected chi connectivity index (χ4v) is 3.24. The van der Waals surface area contributed by atoms with Gasteiger partial charge in [0.15, 0.2) is 0 Å². The van der Waals surface area contributed by atoms with Gasteiger partial charge in [-0.15, -0.1) is 0 Å². The third-order valence-electron chi connectivity index (χ3n) is 4.16. The van der Waals surface area contributed by atoms with E-state index < -0.39 is 24.0 Å². The monoisotopic (exact) mass is 446 g/mol. The smallest absolute Gasteiger partial charge is 0.328 e. The van der Waals surface area contributed by atoms with Gasteiger partial charge in [-0.1, -0.05) is 64.5 Å². The highest BCUT2D eigenvalue weighted by Gasteiger charge is 2.27. The lowest BCUT2D eigenvalue weighted by molar-refractivity contribution is -0.145. The van der Waals surface area contributed by atoms with Gasteiger partial charge in [0.05, 0.1) is 7.11 Å². The summed E-state index contributed by atoms with van der Waals surface area (Å²) in [5, 5.41) is 5.37. The summed E-state index contributed by atoms with van der Waals surface area (Å²) in [5.41, 5.74) is 1.76. The Hall–Kier alpha value is -2.67. The zero-order valence-corrected chi connectivity index (χ0v) is 17.4. The molecule has 2 rings (SSSR count). The second-order valence-electron chi connectivity index (χ2n) is 6.32. The van der Waals surface area contributed by atoms with Gasteiger partial charge in [-0.2, -0.15) is 0 Å². The van der Waals surface area contributed by atoms with Crippen LogP contribution in [0.15, 0.2) is 59.1 Å². The van der Waals surface area contributed by atoms with Crippen molar-refractivity contribution in [2.75, 3.05) is 7.11 Å². The minimum atomic E-state index is -0.872. The van der Waals surface area contributed by atoms with Crippen molar-refractivity contribution in [3.8, 4) is 0 Å². The average Bonchev–Trinajstić information content (AvgIpc) is 2.68. The number of benzene rings is 2. The summed E-state index contributed by atoms with van der Waals surface area (Å²) in [6.07, 6.45) is 0.577. The van der Waals surface area contributed by atoms with Crippen LogP contribution in [-0.4, -0.2) is 37.0 Å². The van der Waals surface area contributed by atoms with Crippen LogP contribution in [0.4, 0.5) is 0 Å². The minimum absolute atomic E-state index is 0.262. The molecule has 0 spiro atoms. The maximum atomic E-state index is 12.8. The van der Waals surface area contributed by atoms with E-state index in [0.717, 1.165) is 15.6 Å². The molecule has 0 fully saturated rings. The molecule has 2 atom stereocenters. The van der Waals surface area contributed by atoms with Gasteiger partial charge in [0.1, 0.15) is 12.1 Å². The van der Waals surface area contributed by atoms with Crippen molar-refractivity contribution < 1.29 is 19.1 Å². The van der Waals surface area contributed by atoms with Crippen LogP contribution in [0.1, 0.15) is 18.1 Å². The Labute approximate surface area is 172 Å². The molecule has 2 amide bonds. The highest BCUT2D eigenvalue weighted by Crippen LogP contribution is 2.18. The summed E-state index contributed by atoms with van der Waals surface area (Å²) in [5.74, 6) is -1.32. The van der Waals surface area contributed by atoms with Gasteiger partial charge in [-0.3, -0.25) is 9.59 Å². The van der Waals surface area contributed by atoms with Crippen LogP contribution in [-0.2, 0) is 32.0 Å². The van der Waals surface area contributed by atoms with E-state index in [1.165, 1.54) is 14.0 Å². The maximum Gasteiger partial charge on any atom is 0.328 e. The number of carbonyl (C=O) groups is 3. The number of nitrogens with one attached hydrogen (secondary N) is 2. The SMILES string of the molecule is COC(=O)[C@H](Cc1ccccc1Br)NC(=O)[C@@H](Cc1ccccc1)NC(C)=O. The van der Waals surface area contributed by atoms with Crippen LogP contribution in [0.2, 0.25) is 0 Å². The molecular formula is C21H23BrN2O4. The molecule has 0 saturated heterocycles. The van der Waals surface area contributed by atoms with E-state index >= 15 is 0 Å². The predicted octanol–water partition coefficient (Wildman–Crippen LogP) is 2.40. The second-order valence-corrected chi connectivity index (χ2v) is 7.18. The Morgan fingerprint density at radius 2 is 1.57 bits per heavy atom. The summed E-state index contributed by atoms with van der Waals surface area (Å²) in [7, 11) is 1.27. The van der Waals surface area contributed by atoms with Gasteiger partial charge < -0.3 is 15.4 Å². The van der Waals surface area contributed by atoms with E-state index in [0.29, 0.717) is 6.42 Å². The third kappa shape index (κ3) is 6.49. The van der Waals surface area contributed by atoms with Gasteiger partial charge in [0.2, 0.25) is 11.8 Å². The average molecular weight is 447 g/mol. The van der Waals surface area contributed by atoms with Gasteiger partial charge in [0.25, 0.3) is 0 Å². The molecule has 0 bridgehead atoms. The number of hydrogen-bond acceptors (Lipinski definition) is 4. The van der Waals surface area contributed by atoms with Gasteiger partial charge in [0, 0.05) is 24.2 Å². The van der Waals surface area contributed by atoms with Crippen molar-refractivity contribution in [3.63, 3.8) is 0 Å². The third-order valence-corrected chi connectivity index (χ3v) is 4.93. The van der Waals surface area contributed by atoms with E-state index in [-0.39, 0.29) is 12.3 Å². The Morgan fingerprint density at radius 1 is 0.929 bits per heavy atom. The topological polar surface area (TPSA) is 84.5 Å². The highest BCUT2D eigenvalue weighted by atomic mass is 79.9. The molecule has 0 saturated carbocycles. The Balaban J connectivity index is 2.17. The summed E-state index contributed by atoms with van der Waals surface area (Å²) < 4.78 is 5.68. The summed E-state index contributed by atoms with van der Waals surface area (Å²) in [6, 6.07) is 15.1. The summed E-state index contributed by atoms with van der Waals surface area (Å²) in [4.78, 5) is 36.6. The van der Waals surface area contributed by atoms with Crippen LogP contribution >= 0.6 is 15.9 Å². The largest absolute Gasteiger partial charge is 0.467 e. The lowest BCUT2D eigenvalue weighted by Crippen LogP contribution is -2.53. The van der Waals surface area contributed by atoms with E-state index in [4.69, 9.17) is 4.74 Å². The molecule has 6 nitrogen and oxygen atoms in total. The quantitative estimate of drug-likeness (QED) is 0.609. The zero-order chi connectivity index (χ0) is 20.5. The van der Waals surface area contributed by atoms with E-state index in [2.05, 4.69) is 26.6 Å². The molecule has 148 valence electrons. The lowest BCUT2D eigenvalue weighted by atomic mass is 10.0. The zero-order valence-electron chi connectivity index (χ0n) is 15.8. The lowest BCUT2D eigenvalue weighted by Gasteiger charge is -2.22. The standard InChI is InChI=1S/C21H23BrN2O4/c1-14(25)23-18(12-15-8-4-3-5-9-15)20(26)24-19(21(27)28-2)13-16-10-6-7-11-17(16)22/h3-11,18-19H,12-13H2,1-2H3,(H,23,25)(H,24,26)/t18-,19+/m1/s1. The maximum absolute atomic E-state index is 12.8. The molecule has 0 heterocycles. The molecule has 0 aliphatic rings. The number of ether oxygens (including phenoxy) is 1. The number of halogens is 1. The molecule has 7 heteroatoms. The number of amides is 2. The Morgan fingerprint density at radius 3 is 2.18 bits per heavy atom. The van der Waals surface area contributed by atoms with Crippen LogP contribution in [0.3, 0.4) is 0 Å². The first kappa shape index (κ1) is 21.6. The van der Waals surface area contributed by atoms with Gasteiger partial charge in [-0.25, -0.2) is 4.79 Å². The van der Waals surface area contributed by atoms with Crippen molar-refractivity contribution in [2.45, 2.75) is 31.8 Å². The highest BCUT2D eigenvalue weighted by molar-refractivity contribution is 9.10. The normalized spacial score (nSPS) is 12.5. The van der Waals surface area contributed by atoms with Crippen LogP contribution in [0.5, 0.6) is 0 Å². The fourth-order valence-electron chi connectivity index (χ4n) is 2.80. The van der Waals surface area contributed by atoms with Crippen molar-refractivity contribution in [1.82, 2.24) is 10.6 Å². The van der Waals surface area contributed by atoms with Gasteiger partial charge >= 0.3 is 5.97 Å². The molecule has 28 heavy (non-hydrogen) atoms. The summed E-state index contributed by atoms with van der Waals surface area (Å²) >= 11 is 3.45. The molecule has 0 radical (unpaired) electrons. The Kier molecular flexibility index (Phi) is 8.19. The van der Waals surface area contributed by atoms with Crippen LogP contribution in [0.25, 0.3) is 0 Å². The number of methoxy groups -OCH3 is 1. The van der Waals surface area contributed by atoms with Gasteiger partial charge in [-0.05, 0) is 17.2 Å². The Bertz CT molecular complexity index is 826. The first-order valence-electron chi connectivity index (χ1n) is 8.83. The molecule has 2 N–H and O–H groups in total. The molecule has 0 aliphatic carbocycles. The number of hydrogen-bond donors (Lipinski definition) is 2. The summed E-state index contributed by atoms with van der Waals surface area (Å²) in [6.45, 7) is 1.35. The van der Waals surface area contributed by atoms with Crippen LogP contribution in [0, 0.1) is 0 Å². The fraction of sp³-hybridized carbons (Fsp3) is 0.286. The van der Waals surface area contributed by atoms with E-state index in [1.54, 1.807) is 0 Å². The number of esters is 1. The minimum Gasteiger partial charge on any atom is -0.467 e. The van der Waals surface area contributed by atoms with E-state index in [9.17, 15) is 14.4 Å².